The van der Waals surface area contributed by atoms with Crippen molar-refractivity contribution in [1.29, 1.82) is 0 Å². The highest BCUT2D eigenvalue weighted by Gasteiger charge is 2.13. The Morgan fingerprint density at radius 2 is 1.93 bits per heavy atom. The van der Waals surface area contributed by atoms with E-state index in [1.165, 1.54) is 11.0 Å². The van der Waals surface area contributed by atoms with Crippen molar-refractivity contribution in [1.82, 2.24) is 0 Å². The summed E-state index contributed by atoms with van der Waals surface area (Å²) in [5.41, 5.74) is 0.392. The molecular formula is C11H13F2NO. The minimum atomic E-state index is -0.935. The Kier molecular flexibility index (Phi) is 3.77. The number of rotatable bonds is 3. The third-order valence-electron chi connectivity index (χ3n) is 2.13. The number of hydrogen-bond acceptors (Lipinski definition) is 1. The molecule has 1 rings (SSSR count). The second kappa shape index (κ2) is 4.87. The second-order valence-electron chi connectivity index (χ2n) is 3.09. The van der Waals surface area contributed by atoms with Crippen LogP contribution in [0.1, 0.15) is 20.3 Å². The van der Waals surface area contributed by atoms with Crippen molar-refractivity contribution in [3.8, 4) is 0 Å². The molecule has 0 saturated carbocycles. The fourth-order valence-electron chi connectivity index (χ4n) is 1.35. The molecule has 0 saturated heterocycles. The van der Waals surface area contributed by atoms with E-state index in [9.17, 15) is 13.6 Å². The maximum atomic E-state index is 12.9. The first-order valence-electron chi connectivity index (χ1n) is 4.85. The Balaban J connectivity index is 3.02. The summed E-state index contributed by atoms with van der Waals surface area (Å²) in [6, 6.07) is 3.46. The van der Waals surface area contributed by atoms with Gasteiger partial charge in [-0.15, -0.1) is 0 Å². The third-order valence-corrected chi connectivity index (χ3v) is 2.13. The molecule has 1 aromatic carbocycles. The van der Waals surface area contributed by atoms with Crippen LogP contribution in [-0.2, 0) is 4.79 Å². The van der Waals surface area contributed by atoms with E-state index < -0.39 is 11.6 Å². The molecule has 2 nitrogen and oxygen atoms in total. The first-order valence-corrected chi connectivity index (χ1v) is 4.85. The zero-order valence-electron chi connectivity index (χ0n) is 8.76. The number of carbonyl (C=O) groups excluding carboxylic acids is 1. The van der Waals surface area contributed by atoms with Crippen molar-refractivity contribution in [3.63, 3.8) is 0 Å². The van der Waals surface area contributed by atoms with Gasteiger partial charge in [-0.05, 0) is 19.1 Å². The maximum Gasteiger partial charge on any atom is 0.226 e. The summed E-state index contributed by atoms with van der Waals surface area (Å²) < 4.78 is 25.6. The summed E-state index contributed by atoms with van der Waals surface area (Å²) in [5.74, 6) is -1.95. The van der Waals surface area contributed by atoms with Gasteiger partial charge in [-0.25, -0.2) is 8.78 Å². The van der Waals surface area contributed by atoms with E-state index in [2.05, 4.69) is 0 Å². The molecule has 0 radical (unpaired) electrons. The quantitative estimate of drug-likeness (QED) is 0.756. The van der Waals surface area contributed by atoms with Gasteiger partial charge in [0.25, 0.3) is 0 Å². The van der Waals surface area contributed by atoms with Crippen LogP contribution in [0.25, 0.3) is 0 Å². The highest BCUT2D eigenvalue weighted by molar-refractivity contribution is 5.92. The molecular weight excluding hydrogens is 200 g/mol. The SMILES string of the molecule is CCC(=O)N(CC)c1ccc(F)c(F)c1. The van der Waals surface area contributed by atoms with Gasteiger partial charge in [0.1, 0.15) is 0 Å². The molecule has 0 bridgehead atoms. The van der Waals surface area contributed by atoms with E-state index in [-0.39, 0.29) is 5.91 Å². The lowest BCUT2D eigenvalue weighted by molar-refractivity contribution is -0.118. The molecule has 0 aliphatic carbocycles. The largest absolute Gasteiger partial charge is 0.313 e. The summed E-state index contributed by atoms with van der Waals surface area (Å²) in [6.45, 7) is 3.96. The van der Waals surface area contributed by atoms with Gasteiger partial charge in [0.15, 0.2) is 11.6 Å². The zero-order chi connectivity index (χ0) is 11.4. The molecule has 0 unspecified atom stereocenters. The average Bonchev–Trinajstić information content (AvgIpc) is 2.24. The van der Waals surface area contributed by atoms with Crippen LogP contribution in [0.5, 0.6) is 0 Å². The molecule has 0 aliphatic rings. The van der Waals surface area contributed by atoms with E-state index in [1.54, 1.807) is 13.8 Å². The average molecular weight is 213 g/mol. The summed E-state index contributed by atoms with van der Waals surface area (Å²) in [5, 5.41) is 0. The van der Waals surface area contributed by atoms with E-state index in [4.69, 9.17) is 0 Å². The molecule has 82 valence electrons. The molecule has 0 aromatic heterocycles. The van der Waals surface area contributed by atoms with Gasteiger partial charge in [0, 0.05) is 24.7 Å². The van der Waals surface area contributed by atoms with E-state index in [0.717, 1.165) is 12.1 Å². The highest BCUT2D eigenvalue weighted by atomic mass is 19.2. The number of benzene rings is 1. The number of halogens is 2. The summed E-state index contributed by atoms with van der Waals surface area (Å²) in [4.78, 5) is 12.9. The number of hydrogen-bond donors (Lipinski definition) is 0. The van der Waals surface area contributed by atoms with E-state index in [1.807, 2.05) is 0 Å². The second-order valence-corrected chi connectivity index (χ2v) is 3.09. The Hall–Kier alpha value is -1.45. The first kappa shape index (κ1) is 11.6. The topological polar surface area (TPSA) is 20.3 Å². The molecule has 0 spiro atoms. The number of carbonyl (C=O) groups is 1. The molecule has 0 fully saturated rings. The fraction of sp³-hybridized carbons (Fsp3) is 0.364. The molecule has 4 heteroatoms. The van der Waals surface area contributed by atoms with Gasteiger partial charge in [-0.1, -0.05) is 6.92 Å². The standard InChI is InChI=1S/C11H13F2NO/c1-3-11(15)14(4-2)8-5-6-9(12)10(13)7-8/h5-7H,3-4H2,1-2H3. The van der Waals surface area contributed by atoms with Crippen LogP contribution in [0.2, 0.25) is 0 Å². The monoisotopic (exact) mass is 213 g/mol. The minimum Gasteiger partial charge on any atom is -0.313 e. The lowest BCUT2D eigenvalue weighted by Crippen LogP contribution is -2.29. The van der Waals surface area contributed by atoms with Crippen molar-refractivity contribution < 1.29 is 13.6 Å². The molecule has 0 heterocycles. The fourth-order valence-corrected chi connectivity index (χ4v) is 1.35. The predicted molar refractivity (Wildman–Crippen MR) is 54.7 cm³/mol. The van der Waals surface area contributed by atoms with Crippen molar-refractivity contribution in [2.24, 2.45) is 0 Å². The molecule has 0 aliphatic heterocycles. The number of anilines is 1. The van der Waals surface area contributed by atoms with Crippen molar-refractivity contribution in [3.05, 3.63) is 29.8 Å². The molecule has 0 atom stereocenters. The van der Waals surface area contributed by atoms with Gasteiger partial charge in [0.2, 0.25) is 5.91 Å². The Labute approximate surface area is 87.5 Å². The smallest absolute Gasteiger partial charge is 0.226 e. The van der Waals surface area contributed by atoms with Gasteiger partial charge in [-0.3, -0.25) is 4.79 Å². The van der Waals surface area contributed by atoms with Crippen LogP contribution in [-0.4, -0.2) is 12.5 Å². The van der Waals surface area contributed by atoms with Crippen LogP contribution in [0.4, 0.5) is 14.5 Å². The van der Waals surface area contributed by atoms with Crippen molar-refractivity contribution >= 4 is 11.6 Å². The van der Waals surface area contributed by atoms with Crippen LogP contribution in [0, 0.1) is 11.6 Å². The highest BCUT2D eigenvalue weighted by Crippen LogP contribution is 2.18. The van der Waals surface area contributed by atoms with Crippen LogP contribution in [0.15, 0.2) is 18.2 Å². The van der Waals surface area contributed by atoms with E-state index in [0.29, 0.717) is 18.7 Å². The lowest BCUT2D eigenvalue weighted by Gasteiger charge is -2.20. The molecule has 1 amide bonds. The molecule has 0 N–H and O–H groups in total. The van der Waals surface area contributed by atoms with Crippen molar-refractivity contribution in [2.45, 2.75) is 20.3 Å². The van der Waals surface area contributed by atoms with Crippen molar-refractivity contribution in [2.75, 3.05) is 11.4 Å². The number of nitrogens with zero attached hydrogens (tertiary/aromatic N) is 1. The first-order chi connectivity index (χ1) is 7.10. The van der Waals surface area contributed by atoms with Gasteiger partial charge >= 0.3 is 0 Å². The van der Waals surface area contributed by atoms with Gasteiger partial charge < -0.3 is 4.90 Å². The molecule has 1 aromatic rings. The minimum absolute atomic E-state index is 0.108. The Bertz CT molecular complexity index is 366. The van der Waals surface area contributed by atoms with Crippen LogP contribution >= 0.6 is 0 Å². The normalized spacial score (nSPS) is 10.1. The summed E-state index contributed by atoms with van der Waals surface area (Å²) in [6.07, 6.45) is 0.340. The van der Waals surface area contributed by atoms with Gasteiger partial charge in [0.05, 0.1) is 0 Å². The summed E-state index contributed by atoms with van der Waals surface area (Å²) in [7, 11) is 0. The van der Waals surface area contributed by atoms with Gasteiger partial charge in [-0.2, -0.15) is 0 Å². The van der Waals surface area contributed by atoms with E-state index >= 15 is 0 Å². The maximum absolute atomic E-state index is 12.9. The van der Waals surface area contributed by atoms with Crippen LogP contribution < -0.4 is 4.90 Å². The molecule has 15 heavy (non-hydrogen) atoms. The third kappa shape index (κ3) is 2.52. The predicted octanol–water partition coefficient (Wildman–Crippen LogP) is 2.73. The Morgan fingerprint density at radius 1 is 1.27 bits per heavy atom. The lowest BCUT2D eigenvalue weighted by atomic mass is 10.2. The Morgan fingerprint density at radius 3 is 2.40 bits per heavy atom. The summed E-state index contributed by atoms with van der Waals surface area (Å²) >= 11 is 0. The van der Waals surface area contributed by atoms with Crippen LogP contribution in [0.3, 0.4) is 0 Å². The number of amides is 1. The zero-order valence-corrected chi connectivity index (χ0v) is 8.76.